The molecule has 0 radical (unpaired) electrons. The smallest absolute Gasteiger partial charge is 0.259 e. The first-order chi connectivity index (χ1) is 16.4. The molecule has 2 heterocycles. The van der Waals surface area contributed by atoms with E-state index < -0.39 is 11.7 Å². The molecular formula is C25H16Cl2FN3O3. The molecule has 0 saturated heterocycles. The van der Waals surface area contributed by atoms with Gasteiger partial charge in [-0.25, -0.2) is 4.39 Å². The average Bonchev–Trinajstić information content (AvgIpc) is 3.22. The number of amides is 2. The number of benzene rings is 3. The van der Waals surface area contributed by atoms with Gasteiger partial charge in [-0.05, 0) is 55.0 Å². The molecule has 6 nitrogen and oxygen atoms in total. The van der Waals surface area contributed by atoms with E-state index in [4.69, 9.17) is 27.7 Å². The van der Waals surface area contributed by atoms with Crippen molar-refractivity contribution in [1.82, 2.24) is 5.16 Å². The number of nitrogens with one attached hydrogen (secondary N) is 1. The lowest BCUT2D eigenvalue weighted by atomic mass is 10.1. The van der Waals surface area contributed by atoms with Crippen LogP contribution in [0.1, 0.15) is 26.3 Å². The minimum absolute atomic E-state index is 0.00949. The van der Waals surface area contributed by atoms with Crippen LogP contribution in [0.5, 0.6) is 0 Å². The van der Waals surface area contributed by atoms with Crippen molar-refractivity contribution in [2.45, 2.75) is 6.42 Å². The summed E-state index contributed by atoms with van der Waals surface area (Å²) in [5, 5.41) is 6.72. The average molecular weight is 496 g/mol. The number of rotatable bonds is 3. The molecule has 34 heavy (non-hydrogen) atoms. The molecule has 170 valence electrons. The molecular weight excluding hydrogens is 480 g/mol. The monoisotopic (exact) mass is 495 g/mol. The van der Waals surface area contributed by atoms with E-state index in [1.807, 2.05) is 24.3 Å². The number of hydrogen-bond donors (Lipinski definition) is 1. The number of nitrogens with zero attached hydrogens (tertiary/aromatic N) is 2. The van der Waals surface area contributed by atoms with Gasteiger partial charge in [0.1, 0.15) is 5.82 Å². The maximum Gasteiger partial charge on any atom is 0.259 e. The lowest BCUT2D eigenvalue weighted by molar-refractivity contribution is 0.0986. The molecule has 1 aliphatic heterocycles. The number of halogens is 3. The van der Waals surface area contributed by atoms with Gasteiger partial charge in [0, 0.05) is 23.4 Å². The van der Waals surface area contributed by atoms with Gasteiger partial charge in [0.25, 0.3) is 11.8 Å². The summed E-state index contributed by atoms with van der Waals surface area (Å²) in [5.74, 6) is -0.699. The molecule has 1 aromatic heterocycles. The van der Waals surface area contributed by atoms with Crippen LogP contribution in [-0.4, -0.2) is 23.5 Å². The van der Waals surface area contributed by atoms with E-state index in [0.717, 1.165) is 23.3 Å². The van der Waals surface area contributed by atoms with Crippen molar-refractivity contribution in [3.05, 3.63) is 99.4 Å². The molecule has 2 amide bonds. The van der Waals surface area contributed by atoms with Crippen molar-refractivity contribution < 1.29 is 18.5 Å². The van der Waals surface area contributed by atoms with E-state index in [0.29, 0.717) is 30.1 Å². The largest absolute Gasteiger partial charge is 0.356 e. The summed E-state index contributed by atoms with van der Waals surface area (Å²) in [4.78, 5) is 27.7. The third kappa shape index (κ3) is 4.04. The molecule has 0 unspecified atom stereocenters. The van der Waals surface area contributed by atoms with Gasteiger partial charge in [0.05, 0.1) is 33.1 Å². The number of aromatic nitrogens is 1. The van der Waals surface area contributed by atoms with Gasteiger partial charge in [-0.3, -0.25) is 9.59 Å². The maximum absolute atomic E-state index is 13.5. The van der Waals surface area contributed by atoms with Crippen LogP contribution in [0.4, 0.5) is 15.8 Å². The van der Waals surface area contributed by atoms with E-state index in [2.05, 4.69) is 10.5 Å². The Morgan fingerprint density at radius 3 is 2.56 bits per heavy atom. The highest BCUT2D eigenvalue weighted by Gasteiger charge is 2.28. The van der Waals surface area contributed by atoms with Crippen LogP contribution in [0.3, 0.4) is 0 Å². The topological polar surface area (TPSA) is 75.4 Å². The number of carbonyl (C=O) groups excluding carboxylic acids is 2. The van der Waals surface area contributed by atoms with Crippen LogP contribution in [0, 0.1) is 5.82 Å². The third-order valence-corrected chi connectivity index (χ3v) is 6.19. The van der Waals surface area contributed by atoms with Gasteiger partial charge in [0.2, 0.25) is 0 Å². The fourth-order valence-corrected chi connectivity index (χ4v) is 4.42. The standard InChI is InChI=1S/C25H16Cl2FN3O3/c26-20-11-15(28)5-7-17(20)24(32)30-16-6-8-18(21(27)12-16)25(33)31-10-9-14-13-29-34-23(14)19-3-1-2-4-22(19)31/h1-8,11-13H,9-10H2,(H,30,32). The fourth-order valence-electron chi connectivity index (χ4n) is 3.91. The molecule has 0 saturated carbocycles. The summed E-state index contributed by atoms with van der Waals surface area (Å²) >= 11 is 12.4. The van der Waals surface area contributed by atoms with Gasteiger partial charge in [-0.2, -0.15) is 0 Å². The third-order valence-electron chi connectivity index (χ3n) is 5.57. The second-order valence-corrected chi connectivity index (χ2v) is 8.49. The Hall–Kier alpha value is -3.68. The predicted octanol–water partition coefficient (Wildman–Crippen LogP) is 6.24. The van der Waals surface area contributed by atoms with Crippen molar-refractivity contribution in [2.75, 3.05) is 16.8 Å². The molecule has 0 fully saturated rings. The zero-order chi connectivity index (χ0) is 23.8. The van der Waals surface area contributed by atoms with Crippen molar-refractivity contribution in [3.8, 4) is 11.3 Å². The zero-order valence-electron chi connectivity index (χ0n) is 17.5. The number of hydrogen-bond acceptors (Lipinski definition) is 4. The molecule has 0 aliphatic carbocycles. The molecule has 3 aromatic carbocycles. The van der Waals surface area contributed by atoms with Crippen LogP contribution in [0.2, 0.25) is 10.0 Å². The number of anilines is 2. The first-order valence-electron chi connectivity index (χ1n) is 10.3. The van der Waals surface area contributed by atoms with Crippen molar-refractivity contribution in [1.29, 1.82) is 0 Å². The zero-order valence-corrected chi connectivity index (χ0v) is 19.0. The van der Waals surface area contributed by atoms with Gasteiger partial charge in [0.15, 0.2) is 5.76 Å². The molecule has 4 aromatic rings. The van der Waals surface area contributed by atoms with E-state index in [9.17, 15) is 14.0 Å². The molecule has 0 spiro atoms. The Balaban J connectivity index is 1.41. The highest BCUT2D eigenvalue weighted by Crippen LogP contribution is 2.37. The number of carbonyl (C=O) groups is 2. The normalized spacial score (nSPS) is 12.5. The number of fused-ring (bicyclic) bond motifs is 3. The van der Waals surface area contributed by atoms with E-state index in [-0.39, 0.29) is 27.1 Å². The number of para-hydroxylation sites is 1. The van der Waals surface area contributed by atoms with Crippen molar-refractivity contribution in [3.63, 3.8) is 0 Å². The Kier molecular flexibility index (Phi) is 5.81. The van der Waals surface area contributed by atoms with Crippen molar-refractivity contribution >= 4 is 46.4 Å². The second kappa shape index (κ2) is 8.93. The quantitative estimate of drug-likeness (QED) is 0.364. The van der Waals surface area contributed by atoms with Crippen molar-refractivity contribution in [2.24, 2.45) is 0 Å². The molecule has 1 N–H and O–H groups in total. The first kappa shape index (κ1) is 22.1. The van der Waals surface area contributed by atoms with Crippen LogP contribution in [0.15, 0.2) is 71.4 Å². The molecule has 0 atom stereocenters. The van der Waals surface area contributed by atoms with Crippen LogP contribution >= 0.6 is 23.2 Å². The first-order valence-corrected chi connectivity index (χ1v) is 11.1. The summed E-state index contributed by atoms with van der Waals surface area (Å²) in [6, 6.07) is 15.6. The van der Waals surface area contributed by atoms with E-state index >= 15 is 0 Å². The SMILES string of the molecule is O=C(Nc1ccc(C(=O)N2CCc3cnoc3-c3ccccc32)c(Cl)c1)c1ccc(F)cc1Cl. The molecule has 5 rings (SSSR count). The van der Waals surface area contributed by atoms with Crippen LogP contribution in [-0.2, 0) is 6.42 Å². The minimum Gasteiger partial charge on any atom is -0.356 e. The minimum atomic E-state index is -0.540. The summed E-state index contributed by atoms with van der Waals surface area (Å²) in [7, 11) is 0. The van der Waals surface area contributed by atoms with Crippen LogP contribution < -0.4 is 10.2 Å². The lowest BCUT2D eigenvalue weighted by Gasteiger charge is -2.23. The van der Waals surface area contributed by atoms with E-state index in [1.54, 1.807) is 23.2 Å². The summed E-state index contributed by atoms with van der Waals surface area (Å²) in [6.07, 6.45) is 2.24. The molecule has 1 aliphatic rings. The summed E-state index contributed by atoms with van der Waals surface area (Å²) in [6.45, 7) is 0.419. The Labute approximate surface area is 203 Å². The molecule has 9 heteroatoms. The Morgan fingerprint density at radius 2 is 1.76 bits per heavy atom. The summed E-state index contributed by atoms with van der Waals surface area (Å²) in [5.41, 5.74) is 3.16. The fraction of sp³-hybridized carbons (Fsp3) is 0.0800. The summed E-state index contributed by atoms with van der Waals surface area (Å²) < 4.78 is 18.7. The second-order valence-electron chi connectivity index (χ2n) is 7.68. The highest BCUT2D eigenvalue weighted by molar-refractivity contribution is 6.35. The van der Waals surface area contributed by atoms with Gasteiger partial charge in [-0.15, -0.1) is 0 Å². The van der Waals surface area contributed by atoms with Gasteiger partial charge >= 0.3 is 0 Å². The predicted molar refractivity (Wildman–Crippen MR) is 128 cm³/mol. The van der Waals surface area contributed by atoms with E-state index in [1.165, 1.54) is 12.1 Å². The van der Waals surface area contributed by atoms with Crippen LogP contribution in [0.25, 0.3) is 11.3 Å². The lowest BCUT2D eigenvalue weighted by Crippen LogP contribution is -2.32. The maximum atomic E-state index is 13.5. The Bertz CT molecular complexity index is 1440. The van der Waals surface area contributed by atoms with Gasteiger partial charge < -0.3 is 14.7 Å². The van der Waals surface area contributed by atoms with Gasteiger partial charge in [-0.1, -0.05) is 40.5 Å². The Morgan fingerprint density at radius 1 is 1.00 bits per heavy atom. The molecule has 0 bridgehead atoms. The highest BCUT2D eigenvalue weighted by atomic mass is 35.5.